The Labute approximate surface area is 183 Å². The van der Waals surface area contributed by atoms with E-state index in [1.54, 1.807) is 13.8 Å². The first-order valence-corrected chi connectivity index (χ1v) is 9.68. The van der Waals surface area contributed by atoms with Crippen LogP contribution in [0.2, 0.25) is 0 Å². The quantitative estimate of drug-likeness (QED) is 0.131. The molecule has 0 spiro atoms. The van der Waals surface area contributed by atoms with Gasteiger partial charge in [0.25, 0.3) is 0 Å². The van der Waals surface area contributed by atoms with Crippen molar-refractivity contribution in [2.45, 2.75) is 70.3 Å². The van der Waals surface area contributed by atoms with Gasteiger partial charge in [0.05, 0.1) is 18.6 Å². The number of aliphatic hydroxyl groups excluding tert-OH is 1. The Hall–Kier alpha value is -3.26. The fraction of sp³-hybridized carbons (Fsp3) is 0.667. The second-order valence-electron chi connectivity index (χ2n) is 7.49. The van der Waals surface area contributed by atoms with Gasteiger partial charge in [0.2, 0.25) is 17.7 Å². The van der Waals surface area contributed by atoms with Crippen LogP contribution in [0.1, 0.15) is 40.0 Å². The largest absolute Gasteiger partial charge is 0.481 e. The normalized spacial score (nSPS) is 15.6. The highest BCUT2D eigenvalue weighted by molar-refractivity contribution is 5.95. The van der Waals surface area contributed by atoms with Crippen molar-refractivity contribution in [2.75, 3.05) is 0 Å². The maximum atomic E-state index is 12.7. The van der Waals surface area contributed by atoms with E-state index in [4.69, 9.17) is 21.1 Å². The molecule has 0 aliphatic rings. The zero-order valence-corrected chi connectivity index (χ0v) is 17.9. The molecule has 0 bridgehead atoms. The molecule has 14 nitrogen and oxygen atoms in total. The van der Waals surface area contributed by atoms with Crippen molar-refractivity contribution in [2.24, 2.45) is 11.7 Å². The van der Waals surface area contributed by atoms with Crippen molar-refractivity contribution >= 4 is 35.6 Å². The Morgan fingerprint density at radius 3 is 1.72 bits per heavy atom. The number of carbonyl (C=O) groups is 6. The van der Waals surface area contributed by atoms with Crippen molar-refractivity contribution in [3.8, 4) is 0 Å². The van der Waals surface area contributed by atoms with Gasteiger partial charge in [-0.2, -0.15) is 0 Å². The third kappa shape index (κ3) is 10.2. The molecular weight excluding hydrogens is 432 g/mol. The van der Waals surface area contributed by atoms with E-state index in [1.165, 1.54) is 0 Å². The summed E-state index contributed by atoms with van der Waals surface area (Å²) in [5.74, 6) is -7.56. The van der Waals surface area contributed by atoms with E-state index in [-0.39, 0.29) is 0 Å². The van der Waals surface area contributed by atoms with Crippen LogP contribution in [0.15, 0.2) is 0 Å². The molecule has 9 N–H and O–H groups in total. The maximum Gasteiger partial charge on any atom is 0.328 e. The number of amides is 3. The minimum Gasteiger partial charge on any atom is -0.481 e. The Morgan fingerprint density at radius 1 is 0.781 bits per heavy atom. The van der Waals surface area contributed by atoms with Gasteiger partial charge in [0.15, 0.2) is 6.04 Å². The summed E-state index contributed by atoms with van der Waals surface area (Å²) < 4.78 is 0. The summed E-state index contributed by atoms with van der Waals surface area (Å²) in [5, 5.41) is 42.8. The van der Waals surface area contributed by atoms with Crippen LogP contribution in [0.5, 0.6) is 0 Å². The fourth-order valence-electron chi connectivity index (χ4n) is 2.52. The van der Waals surface area contributed by atoms with Crippen molar-refractivity contribution in [1.29, 1.82) is 0 Å². The summed E-state index contributed by atoms with van der Waals surface area (Å²) in [7, 11) is 0. The molecule has 0 aromatic rings. The van der Waals surface area contributed by atoms with E-state index < -0.39 is 91.1 Å². The molecule has 182 valence electrons. The summed E-state index contributed by atoms with van der Waals surface area (Å²) in [6, 6.07) is -5.89. The third-order valence-corrected chi connectivity index (χ3v) is 4.30. The molecule has 32 heavy (non-hydrogen) atoms. The van der Waals surface area contributed by atoms with Gasteiger partial charge in [0, 0.05) is 6.42 Å². The standard InChI is InChI=1S/C18H30N4O10/c1-7(2)13(21-15(28)9(19)6-12(26)27)17(30)20-10(4-5-11(24)25)16(29)22-14(8(3)23)18(31)32/h7-10,13-14,23H,4-6,19H2,1-3H3,(H,20,30)(H,21,28)(H,22,29)(H,24,25)(H,26,27)(H,31,32). The first kappa shape index (κ1) is 28.7. The van der Waals surface area contributed by atoms with Crippen molar-refractivity contribution in [3.63, 3.8) is 0 Å². The molecule has 0 saturated heterocycles. The lowest BCUT2D eigenvalue weighted by molar-refractivity contribution is -0.145. The second kappa shape index (κ2) is 13.2. The van der Waals surface area contributed by atoms with Gasteiger partial charge in [-0.1, -0.05) is 13.8 Å². The molecule has 0 rings (SSSR count). The zero-order valence-electron chi connectivity index (χ0n) is 17.9. The lowest BCUT2D eigenvalue weighted by Gasteiger charge is -2.27. The molecule has 5 atom stereocenters. The number of rotatable bonds is 14. The number of nitrogens with one attached hydrogen (secondary N) is 3. The third-order valence-electron chi connectivity index (χ3n) is 4.30. The number of aliphatic carboxylic acids is 3. The molecule has 0 radical (unpaired) electrons. The number of carboxylic acid groups (broad SMARTS) is 3. The van der Waals surface area contributed by atoms with Crippen LogP contribution in [0.25, 0.3) is 0 Å². The second-order valence-corrected chi connectivity index (χ2v) is 7.49. The van der Waals surface area contributed by atoms with Crippen LogP contribution >= 0.6 is 0 Å². The highest BCUT2D eigenvalue weighted by Gasteiger charge is 2.33. The van der Waals surface area contributed by atoms with Gasteiger partial charge in [0.1, 0.15) is 12.1 Å². The molecule has 0 heterocycles. The Kier molecular flexibility index (Phi) is 11.9. The molecule has 5 unspecified atom stereocenters. The summed E-state index contributed by atoms with van der Waals surface area (Å²) >= 11 is 0. The number of carbonyl (C=O) groups excluding carboxylic acids is 3. The Bertz CT molecular complexity index is 725. The topological polar surface area (TPSA) is 245 Å². The minimum atomic E-state index is -1.71. The van der Waals surface area contributed by atoms with Crippen molar-refractivity contribution in [1.82, 2.24) is 16.0 Å². The average molecular weight is 462 g/mol. The summed E-state index contributed by atoms with van der Waals surface area (Å²) in [5.41, 5.74) is 5.48. The Balaban J connectivity index is 5.50. The van der Waals surface area contributed by atoms with Crippen LogP contribution < -0.4 is 21.7 Å². The fourth-order valence-corrected chi connectivity index (χ4v) is 2.52. The molecule has 0 fully saturated rings. The molecule has 14 heteroatoms. The van der Waals surface area contributed by atoms with E-state index >= 15 is 0 Å². The van der Waals surface area contributed by atoms with Crippen molar-refractivity contribution < 1.29 is 49.2 Å². The monoisotopic (exact) mass is 462 g/mol. The van der Waals surface area contributed by atoms with E-state index in [2.05, 4.69) is 10.6 Å². The number of hydrogen-bond donors (Lipinski definition) is 8. The van der Waals surface area contributed by atoms with Crippen LogP contribution in [-0.2, 0) is 28.8 Å². The van der Waals surface area contributed by atoms with Gasteiger partial charge in [-0.3, -0.25) is 24.0 Å². The number of hydrogen-bond acceptors (Lipinski definition) is 8. The molecule has 3 amide bonds. The highest BCUT2D eigenvalue weighted by Crippen LogP contribution is 2.07. The smallest absolute Gasteiger partial charge is 0.328 e. The molecule has 0 aliphatic carbocycles. The minimum absolute atomic E-state index is 0.406. The van der Waals surface area contributed by atoms with Crippen LogP contribution in [0, 0.1) is 5.92 Å². The van der Waals surface area contributed by atoms with Crippen LogP contribution in [-0.4, -0.2) is 86.3 Å². The van der Waals surface area contributed by atoms with E-state index in [0.717, 1.165) is 6.92 Å². The number of aliphatic hydroxyl groups is 1. The zero-order chi connectivity index (χ0) is 25.2. The van der Waals surface area contributed by atoms with Crippen LogP contribution in [0.4, 0.5) is 0 Å². The molecule has 0 aromatic heterocycles. The first-order valence-electron chi connectivity index (χ1n) is 9.68. The number of nitrogens with two attached hydrogens (primary N) is 1. The summed E-state index contributed by atoms with van der Waals surface area (Å²) in [6.07, 6.45) is -3.12. The van der Waals surface area contributed by atoms with Gasteiger partial charge in [-0.05, 0) is 19.3 Å². The molecule has 0 saturated carbocycles. The first-order chi connectivity index (χ1) is 14.7. The van der Waals surface area contributed by atoms with E-state index in [0.29, 0.717) is 0 Å². The molecule has 0 aliphatic heterocycles. The highest BCUT2D eigenvalue weighted by atomic mass is 16.4. The number of carboxylic acids is 3. The van der Waals surface area contributed by atoms with Gasteiger partial charge >= 0.3 is 17.9 Å². The predicted molar refractivity (Wildman–Crippen MR) is 107 cm³/mol. The van der Waals surface area contributed by atoms with Gasteiger partial charge < -0.3 is 42.1 Å². The summed E-state index contributed by atoms with van der Waals surface area (Å²) in [4.78, 5) is 70.1. The Morgan fingerprint density at radius 2 is 1.31 bits per heavy atom. The SMILES string of the molecule is CC(C)C(NC(=O)C(N)CC(=O)O)C(=O)NC(CCC(=O)O)C(=O)NC(C(=O)O)C(C)O. The van der Waals surface area contributed by atoms with E-state index in [1.807, 2.05) is 5.32 Å². The van der Waals surface area contributed by atoms with Gasteiger partial charge in [-0.25, -0.2) is 4.79 Å². The molecular formula is C18H30N4O10. The molecule has 0 aromatic carbocycles. The predicted octanol–water partition coefficient (Wildman–Crippen LogP) is -2.77. The maximum absolute atomic E-state index is 12.7. The lowest BCUT2D eigenvalue weighted by Crippen LogP contribution is -2.59. The van der Waals surface area contributed by atoms with E-state index in [9.17, 15) is 33.9 Å². The van der Waals surface area contributed by atoms with Crippen LogP contribution in [0.3, 0.4) is 0 Å². The van der Waals surface area contributed by atoms with Crippen molar-refractivity contribution in [3.05, 3.63) is 0 Å². The average Bonchev–Trinajstić information content (AvgIpc) is 2.65. The lowest BCUT2D eigenvalue weighted by atomic mass is 10.0. The summed E-state index contributed by atoms with van der Waals surface area (Å²) in [6.45, 7) is 4.22. The van der Waals surface area contributed by atoms with Gasteiger partial charge in [-0.15, -0.1) is 0 Å².